The molecule has 1 atom stereocenters. The van der Waals surface area contributed by atoms with Crippen molar-refractivity contribution in [3.05, 3.63) is 100 Å². The van der Waals surface area contributed by atoms with Gasteiger partial charge < -0.3 is 4.90 Å². The first-order chi connectivity index (χ1) is 14.6. The number of para-hydroxylation sites is 2. The molecule has 3 aromatic carbocycles. The largest absolute Gasteiger partial charge is 0.304 e. The van der Waals surface area contributed by atoms with Crippen LogP contribution in [0.5, 0.6) is 0 Å². The molecule has 2 heterocycles. The molecule has 1 aromatic heterocycles. The number of hydrogen-bond acceptors (Lipinski definition) is 3. The zero-order valence-electron chi connectivity index (χ0n) is 16.7. The van der Waals surface area contributed by atoms with Crippen LogP contribution in [0.4, 0.5) is 5.69 Å². The molecule has 0 saturated carbocycles. The van der Waals surface area contributed by atoms with E-state index in [9.17, 15) is 9.59 Å². The Kier molecular flexibility index (Phi) is 4.43. The SMILES string of the molecule is CC1CCc2ccccc2N1C(=O)c1nn(-c2ccccc2)c(=O)c2ccccc12. The van der Waals surface area contributed by atoms with Crippen molar-refractivity contribution in [2.75, 3.05) is 4.90 Å². The molecule has 30 heavy (non-hydrogen) atoms. The van der Waals surface area contributed by atoms with Crippen molar-refractivity contribution in [1.82, 2.24) is 9.78 Å². The van der Waals surface area contributed by atoms with Crippen LogP contribution in [0.2, 0.25) is 0 Å². The number of nitrogens with zero attached hydrogens (tertiary/aromatic N) is 3. The highest BCUT2D eigenvalue weighted by Crippen LogP contribution is 2.32. The number of aryl methyl sites for hydroxylation is 1. The highest BCUT2D eigenvalue weighted by atomic mass is 16.2. The molecule has 1 unspecified atom stereocenters. The smallest absolute Gasteiger partial charge is 0.279 e. The third kappa shape index (κ3) is 2.90. The molecule has 148 valence electrons. The summed E-state index contributed by atoms with van der Waals surface area (Å²) in [4.78, 5) is 28.8. The molecular weight excluding hydrogens is 374 g/mol. The number of amides is 1. The number of rotatable bonds is 2. The first-order valence-electron chi connectivity index (χ1n) is 10.1. The van der Waals surface area contributed by atoms with Crippen molar-refractivity contribution in [3.8, 4) is 5.69 Å². The van der Waals surface area contributed by atoms with Crippen LogP contribution in [-0.2, 0) is 6.42 Å². The Hall–Kier alpha value is -3.73. The van der Waals surface area contributed by atoms with Gasteiger partial charge in [0.25, 0.3) is 11.5 Å². The van der Waals surface area contributed by atoms with E-state index >= 15 is 0 Å². The minimum Gasteiger partial charge on any atom is -0.304 e. The fraction of sp³-hybridized carbons (Fsp3) is 0.160. The lowest BCUT2D eigenvalue weighted by molar-refractivity contribution is 0.0970. The van der Waals surface area contributed by atoms with Gasteiger partial charge in [0.1, 0.15) is 0 Å². The summed E-state index contributed by atoms with van der Waals surface area (Å²) in [6.07, 6.45) is 1.83. The lowest BCUT2D eigenvalue weighted by atomic mass is 9.96. The zero-order chi connectivity index (χ0) is 20.7. The van der Waals surface area contributed by atoms with Crippen LogP contribution < -0.4 is 10.5 Å². The third-order valence-corrected chi connectivity index (χ3v) is 5.75. The summed E-state index contributed by atoms with van der Waals surface area (Å²) in [6.45, 7) is 2.06. The normalized spacial score (nSPS) is 15.8. The van der Waals surface area contributed by atoms with E-state index in [2.05, 4.69) is 18.1 Å². The van der Waals surface area contributed by atoms with Gasteiger partial charge in [-0.15, -0.1) is 0 Å². The average molecular weight is 395 g/mol. The predicted octanol–water partition coefficient (Wildman–Crippen LogP) is 4.37. The molecule has 5 nitrogen and oxygen atoms in total. The van der Waals surface area contributed by atoms with Crippen molar-refractivity contribution in [2.24, 2.45) is 0 Å². The molecule has 1 aliphatic heterocycles. The topological polar surface area (TPSA) is 55.2 Å². The fourth-order valence-corrected chi connectivity index (χ4v) is 4.20. The maximum Gasteiger partial charge on any atom is 0.279 e. The summed E-state index contributed by atoms with van der Waals surface area (Å²) >= 11 is 0. The fourth-order valence-electron chi connectivity index (χ4n) is 4.20. The van der Waals surface area contributed by atoms with E-state index in [0.29, 0.717) is 16.5 Å². The van der Waals surface area contributed by atoms with Gasteiger partial charge in [-0.05, 0) is 49.6 Å². The molecule has 5 rings (SSSR count). The number of anilines is 1. The molecule has 0 radical (unpaired) electrons. The molecule has 0 spiro atoms. The predicted molar refractivity (Wildman–Crippen MR) is 118 cm³/mol. The number of fused-ring (bicyclic) bond motifs is 2. The van der Waals surface area contributed by atoms with E-state index < -0.39 is 0 Å². The van der Waals surface area contributed by atoms with Crippen molar-refractivity contribution in [3.63, 3.8) is 0 Å². The van der Waals surface area contributed by atoms with Crippen molar-refractivity contribution >= 4 is 22.4 Å². The Bertz CT molecular complexity index is 1310. The summed E-state index contributed by atoms with van der Waals surface area (Å²) in [6, 6.07) is 24.5. The molecule has 1 amide bonds. The number of carbonyl (C=O) groups excluding carboxylic acids is 1. The van der Waals surface area contributed by atoms with Gasteiger partial charge in [0.05, 0.1) is 11.1 Å². The minimum atomic E-state index is -0.236. The summed E-state index contributed by atoms with van der Waals surface area (Å²) in [5.74, 6) is -0.185. The molecule has 5 heteroatoms. The van der Waals surface area contributed by atoms with Crippen molar-refractivity contribution in [1.29, 1.82) is 0 Å². The first kappa shape index (κ1) is 18.3. The van der Waals surface area contributed by atoms with Crippen LogP contribution in [0.1, 0.15) is 29.4 Å². The van der Waals surface area contributed by atoms with E-state index in [4.69, 9.17) is 0 Å². The standard InChI is InChI=1S/C25H21N3O2/c1-17-15-16-18-9-5-8-14-22(18)27(17)25(30)23-20-12-6-7-13-21(20)24(29)28(26-23)19-10-3-2-4-11-19/h2-14,17H,15-16H2,1H3. The van der Waals surface area contributed by atoms with E-state index in [1.54, 1.807) is 12.1 Å². The summed E-state index contributed by atoms with van der Waals surface area (Å²) in [5.41, 5.74) is 2.77. The monoisotopic (exact) mass is 395 g/mol. The van der Waals surface area contributed by atoms with Gasteiger partial charge in [0.15, 0.2) is 5.69 Å². The molecule has 0 aliphatic carbocycles. The van der Waals surface area contributed by atoms with Crippen LogP contribution in [0.3, 0.4) is 0 Å². The Morgan fingerprint density at radius 1 is 0.900 bits per heavy atom. The quantitative estimate of drug-likeness (QED) is 0.507. The molecule has 0 N–H and O–H groups in total. The van der Waals surface area contributed by atoms with E-state index in [1.807, 2.05) is 65.6 Å². The molecule has 0 fully saturated rings. The Balaban J connectivity index is 1.74. The summed E-state index contributed by atoms with van der Waals surface area (Å²) < 4.78 is 1.33. The summed E-state index contributed by atoms with van der Waals surface area (Å²) in [5, 5.41) is 5.63. The molecular formula is C25H21N3O2. The second-order valence-electron chi connectivity index (χ2n) is 7.64. The molecule has 4 aromatic rings. The maximum absolute atomic E-state index is 13.8. The molecule has 0 saturated heterocycles. The van der Waals surface area contributed by atoms with Gasteiger partial charge in [-0.25, -0.2) is 0 Å². The van der Waals surface area contributed by atoms with Gasteiger partial charge in [-0.2, -0.15) is 9.78 Å². The summed E-state index contributed by atoms with van der Waals surface area (Å²) in [7, 11) is 0. The van der Waals surface area contributed by atoms with Crippen LogP contribution in [0, 0.1) is 0 Å². The highest BCUT2D eigenvalue weighted by Gasteiger charge is 2.31. The van der Waals surface area contributed by atoms with E-state index in [0.717, 1.165) is 24.1 Å². The van der Waals surface area contributed by atoms with Gasteiger partial charge in [0.2, 0.25) is 0 Å². The Morgan fingerprint density at radius 3 is 2.37 bits per heavy atom. The maximum atomic E-state index is 13.8. The zero-order valence-corrected chi connectivity index (χ0v) is 16.7. The second kappa shape index (κ2) is 7.26. The van der Waals surface area contributed by atoms with E-state index in [-0.39, 0.29) is 23.2 Å². The highest BCUT2D eigenvalue weighted by molar-refractivity contribution is 6.13. The number of carbonyl (C=O) groups is 1. The average Bonchev–Trinajstić information content (AvgIpc) is 2.79. The lowest BCUT2D eigenvalue weighted by Gasteiger charge is -2.35. The van der Waals surface area contributed by atoms with Crippen LogP contribution in [0.15, 0.2) is 83.7 Å². The first-order valence-corrected chi connectivity index (χ1v) is 10.1. The van der Waals surface area contributed by atoms with Gasteiger partial charge in [-0.3, -0.25) is 9.59 Å². The van der Waals surface area contributed by atoms with Gasteiger partial charge in [-0.1, -0.05) is 54.6 Å². The molecule has 0 bridgehead atoms. The number of hydrogen-bond donors (Lipinski definition) is 0. The van der Waals surface area contributed by atoms with Crippen LogP contribution in [0.25, 0.3) is 16.5 Å². The van der Waals surface area contributed by atoms with Crippen molar-refractivity contribution < 1.29 is 4.79 Å². The van der Waals surface area contributed by atoms with Gasteiger partial charge >= 0.3 is 0 Å². The minimum absolute atomic E-state index is 0.0464. The number of aromatic nitrogens is 2. The second-order valence-corrected chi connectivity index (χ2v) is 7.64. The van der Waals surface area contributed by atoms with Crippen LogP contribution in [-0.4, -0.2) is 21.7 Å². The lowest BCUT2D eigenvalue weighted by Crippen LogP contribution is -2.43. The third-order valence-electron chi connectivity index (χ3n) is 5.75. The van der Waals surface area contributed by atoms with Crippen LogP contribution >= 0.6 is 0 Å². The number of benzene rings is 3. The Labute approximate surface area is 174 Å². The van der Waals surface area contributed by atoms with E-state index in [1.165, 1.54) is 4.68 Å². The van der Waals surface area contributed by atoms with Crippen molar-refractivity contribution in [2.45, 2.75) is 25.8 Å². The Morgan fingerprint density at radius 2 is 1.57 bits per heavy atom. The van der Waals surface area contributed by atoms with Gasteiger partial charge in [0, 0.05) is 17.1 Å². The molecule has 1 aliphatic rings.